The van der Waals surface area contributed by atoms with Gasteiger partial charge in [-0.05, 0) is 12.1 Å². The number of aromatic nitrogens is 1. The molecule has 7 heteroatoms. The molecule has 0 amide bonds. The highest BCUT2D eigenvalue weighted by molar-refractivity contribution is 14.1. The molecule has 74 valence electrons. The van der Waals surface area contributed by atoms with Gasteiger partial charge < -0.3 is 4.42 Å². The van der Waals surface area contributed by atoms with E-state index >= 15 is 0 Å². The van der Waals surface area contributed by atoms with Crippen LogP contribution < -0.4 is 0 Å². The maximum Gasteiger partial charge on any atom is 0.265 e. The third kappa shape index (κ3) is 1.73. The number of oxazole rings is 1. The summed E-state index contributed by atoms with van der Waals surface area (Å²) >= 11 is 1.86. The number of hydrogen-bond donors (Lipinski definition) is 0. The molecular formula is C7H3ClINO3S. The second-order valence-corrected chi connectivity index (χ2v) is 5.97. The Kier molecular flexibility index (Phi) is 2.44. The molecule has 0 fully saturated rings. The normalized spacial score (nSPS) is 12.1. The Balaban J connectivity index is 2.90. The van der Waals surface area contributed by atoms with E-state index < -0.39 is 9.05 Å². The Labute approximate surface area is 97.8 Å². The molecule has 0 unspecified atom stereocenters. The second-order valence-electron chi connectivity index (χ2n) is 2.51. The van der Waals surface area contributed by atoms with E-state index in [-0.39, 0.29) is 10.5 Å². The van der Waals surface area contributed by atoms with Gasteiger partial charge in [0, 0.05) is 33.3 Å². The van der Waals surface area contributed by atoms with E-state index in [2.05, 4.69) is 4.98 Å². The minimum absolute atomic E-state index is 0.0490. The standard InChI is InChI=1S/C7H3ClINO3S/c8-14(11,12)5-3-1-2-4-6(5)13-7(9)10-4/h1-3H. The summed E-state index contributed by atoms with van der Waals surface area (Å²) in [6.07, 6.45) is 0. The molecule has 2 rings (SSSR count). The van der Waals surface area contributed by atoms with Crippen molar-refractivity contribution >= 4 is 53.4 Å². The highest BCUT2D eigenvalue weighted by Gasteiger charge is 2.17. The van der Waals surface area contributed by atoms with Crippen molar-refractivity contribution in [2.75, 3.05) is 0 Å². The first-order valence-electron chi connectivity index (χ1n) is 3.48. The number of fused-ring (bicyclic) bond motifs is 1. The molecule has 4 nitrogen and oxygen atoms in total. The smallest absolute Gasteiger partial charge is 0.265 e. The maximum absolute atomic E-state index is 11.1. The minimum Gasteiger partial charge on any atom is -0.430 e. The molecule has 0 radical (unpaired) electrons. The quantitative estimate of drug-likeness (QED) is 0.589. The Morgan fingerprint density at radius 2 is 2.14 bits per heavy atom. The van der Waals surface area contributed by atoms with Gasteiger partial charge in [0.25, 0.3) is 12.9 Å². The summed E-state index contributed by atoms with van der Waals surface area (Å²) in [6.45, 7) is 0. The van der Waals surface area contributed by atoms with Crippen LogP contribution in [0.25, 0.3) is 11.1 Å². The average Bonchev–Trinajstić information content (AvgIpc) is 2.41. The summed E-state index contributed by atoms with van der Waals surface area (Å²) in [5, 5.41) is 0. The van der Waals surface area contributed by atoms with Gasteiger partial charge in [-0.2, -0.15) is 0 Å². The van der Waals surface area contributed by atoms with Crippen LogP contribution in [-0.4, -0.2) is 13.4 Å². The van der Waals surface area contributed by atoms with Crippen LogP contribution in [0.1, 0.15) is 0 Å². The van der Waals surface area contributed by atoms with E-state index in [1.807, 2.05) is 22.6 Å². The predicted octanol–water partition coefficient (Wildman–Crippen LogP) is 2.36. The molecule has 0 atom stereocenters. The molecule has 1 aromatic carbocycles. The SMILES string of the molecule is O=S(=O)(Cl)c1cccc2nc(I)oc12. The third-order valence-corrected chi connectivity index (χ3v) is 3.42. The largest absolute Gasteiger partial charge is 0.430 e. The fourth-order valence-corrected chi connectivity index (χ4v) is 2.54. The average molecular weight is 344 g/mol. The fraction of sp³-hybridized carbons (Fsp3) is 0. The monoisotopic (exact) mass is 343 g/mol. The summed E-state index contributed by atoms with van der Waals surface area (Å²) in [5.74, 6) is 0. The summed E-state index contributed by atoms with van der Waals surface area (Å²) in [7, 11) is 1.45. The molecule has 0 N–H and O–H groups in total. The molecule has 0 spiro atoms. The highest BCUT2D eigenvalue weighted by atomic mass is 127. The third-order valence-electron chi connectivity index (χ3n) is 1.62. The van der Waals surface area contributed by atoms with Crippen molar-refractivity contribution in [3.63, 3.8) is 0 Å². The van der Waals surface area contributed by atoms with Crippen LogP contribution in [0, 0.1) is 3.90 Å². The first-order chi connectivity index (χ1) is 6.48. The van der Waals surface area contributed by atoms with Crippen LogP contribution in [0.3, 0.4) is 0 Å². The number of nitrogens with zero attached hydrogens (tertiary/aromatic N) is 1. The van der Waals surface area contributed by atoms with Gasteiger partial charge >= 0.3 is 0 Å². The Hall–Kier alpha value is -0.340. The van der Waals surface area contributed by atoms with E-state index in [1.54, 1.807) is 12.1 Å². The molecule has 2 aromatic rings. The lowest BCUT2D eigenvalue weighted by atomic mass is 10.3. The van der Waals surface area contributed by atoms with Crippen LogP contribution in [0.4, 0.5) is 0 Å². The van der Waals surface area contributed by atoms with E-state index in [1.165, 1.54) is 6.07 Å². The Bertz CT molecular complexity index is 592. The first-order valence-corrected chi connectivity index (χ1v) is 6.87. The maximum atomic E-state index is 11.1. The molecule has 1 aromatic heterocycles. The van der Waals surface area contributed by atoms with Gasteiger partial charge in [0.15, 0.2) is 5.58 Å². The molecule has 0 aliphatic carbocycles. The van der Waals surface area contributed by atoms with Crippen LogP contribution in [-0.2, 0) is 9.05 Å². The van der Waals surface area contributed by atoms with Gasteiger partial charge in [-0.15, -0.1) is 0 Å². The molecule has 0 bridgehead atoms. The predicted molar refractivity (Wildman–Crippen MR) is 59.8 cm³/mol. The van der Waals surface area contributed by atoms with Crippen LogP contribution >= 0.6 is 33.3 Å². The lowest BCUT2D eigenvalue weighted by molar-refractivity contribution is 0.557. The van der Waals surface area contributed by atoms with Crippen molar-refractivity contribution < 1.29 is 12.8 Å². The van der Waals surface area contributed by atoms with Gasteiger partial charge in [-0.3, -0.25) is 0 Å². The van der Waals surface area contributed by atoms with Crippen molar-refractivity contribution in [3.05, 3.63) is 22.1 Å². The Morgan fingerprint density at radius 3 is 2.79 bits per heavy atom. The summed E-state index contributed by atoms with van der Waals surface area (Å²) < 4.78 is 27.8. The number of para-hydroxylation sites is 1. The number of benzene rings is 1. The van der Waals surface area contributed by atoms with Gasteiger partial charge in [-0.25, -0.2) is 13.4 Å². The molecule has 14 heavy (non-hydrogen) atoms. The molecule has 0 aliphatic heterocycles. The van der Waals surface area contributed by atoms with Crippen LogP contribution in [0.2, 0.25) is 0 Å². The minimum atomic E-state index is -3.78. The summed E-state index contributed by atoms with van der Waals surface area (Å²) in [5.41, 5.74) is 0.683. The van der Waals surface area contributed by atoms with E-state index in [4.69, 9.17) is 15.1 Å². The zero-order valence-electron chi connectivity index (χ0n) is 6.57. The van der Waals surface area contributed by atoms with Crippen molar-refractivity contribution in [3.8, 4) is 0 Å². The molecular weight excluding hydrogens is 341 g/mol. The second kappa shape index (κ2) is 3.35. The molecule has 0 saturated carbocycles. The lowest BCUT2D eigenvalue weighted by Gasteiger charge is -1.94. The van der Waals surface area contributed by atoms with Gasteiger partial charge in [0.2, 0.25) is 0 Å². The van der Waals surface area contributed by atoms with Gasteiger partial charge in [0.05, 0.1) is 0 Å². The topological polar surface area (TPSA) is 60.2 Å². The zero-order chi connectivity index (χ0) is 10.3. The number of halogens is 2. The van der Waals surface area contributed by atoms with Crippen molar-refractivity contribution in [1.82, 2.24) is 4.98 Å². The molecule has 0 saturated heterocycles. The Morgan fingerprint density at radius 1 is 1.43 bits per heavy atom. The van der Waals surface area contributed by atoms with E-state index in [0.717, 1.165) is 0 Å². The molecule has 0 aliphatic rings. The number of rotatable bonds is 1. The fourth-order valence-electron chi connectivity index (χ4n) is 1.09. The summed E-state index contributed by atoms with van der Waals surface area (Å²) in [6, 6.07) is 4.61. The van der Waals surface area contributed by atoms with Crippen molar-refractivity contribution in [1.29, 1.82) is 0 Å². The zero-order valence-corrected chi connectivity index (χ0v) is 10.3. The van der Waals surface area contributed by atoms with Crippen molar-refractivity contribution in [2.45, 2.75) is 4.90 Å². The number of hydrogen-bond acceptors (Lipinski definition) is 4. The van der Waals surface area contributed by atoms with Crippen LogP contribution in [0.5, 0.6) is 0 Å². The van der Waals surface area contributed by atoms with Crippen LogP contribution in [0.15, 0.2) is 27.5 Å². The summed E-state index contributed by atoms with van der Waals surface area (Å²) in [4.78, 5) is 3.94. The molecule has 1 heterocycles. The first kappa shape index (κ1) is 10.2. The van der Waals surface area contributed by atoms with E-state index in [9.17, 15) is 8.42 Å². The van der Waals surface area contributed by atoms with Crippen molar-refractivity contribution in [2.24, 2.45) is 0 Å². The van der Waals surface area contributed by atoms with Gasteiger partial charge in [0.1, 0.15) is 10.4 Å². The van der Waals surface area contributed by atoms with Gasteiger partial charge in [-0.1, -0.05) is 6.07 Å². The highest BCUT2D eigenvalue weighted by Crippen LogP contribution is 2.26. The van der Waals surface area contributed by atoms with E-state index in [0.29, 0.717) is 9.41 Å². The lowest BCUT2D eigenvalue weighted by Crippen LogP contribution is -1.90.